The van der Waals surface area contributed by atoms with Crippen molar-refractivity contribution in [2.75, 3.05) is 26.2 Å². The van der Waals surface area contributed by atoms with Gasteiger partial charge in [0, 0.05) is 62.2 Å². The van der Waals surface area contributed by atoms with E-state index in [0.717, 1.165) is 38.8 Å². The summed E-state index contributed by atoms with van der Waals surface area (Å²) in [6.07, 6.45) is 3.25. The molecule has 1 aliphatic rings. The third-order valence-electron chi connectivity index (χ3n) is 6.46. The van der Waals surface area contributed by atoms with E-state index in [1.807, 2.05) is 0 Å². The van der Waals surface area contributed by atoms with Crippen molar-refractivity contribution < 1.29 is 9.59 Å². The fourth-order valence-corrected chi connectivity index (χ4v) is 4.75. The number of hydrogen-bond acceptors (Lipinski definition) is 4. The van der Waals surface area contributed by atoms with E-state index in [0.29, 0.717) is 37.3 Å². The van der Waals surface area contributed by atoms with Crippen LogP contribution in [0.1, 0.15) is 81.1 Å². The third-order valence-corrected chi connectivity index (χ3v) is 6.46. The van der Waals surface area contributed by atoms with Crippen LogP contribution in [-0.4, -0.2) is 72.0 Å². The fraction of sp³-hybridized carbons (Fsp3) is 0.917. The van der Waals surface area contributed by atoms with Gasteiger partial charge in [0.2, 0.25) is 11.8 Å². The van der Waals surface area contributed by atoms with Gasteiger partial charge in [0.1, 0.15) is 0 Å². The molecule has 0 atom stereocenters. The van der Waals surface area contributed by atoms with Gasteiger partial charge in [-0.2, -0.15) is 0 Å². The number of nitrogens with one attached hydrogen (secondary N) is 2. The molecule has 1 rings (SSSR count). The van der Waals surface area contributed by atoms with Crippen LogP contribution in [0.4, 0.5) is 0 Å². The number of amides is 2. The van der Waals surface area contributed by atoms with E-state index in [-0.39, 0.29) is 23.7 Å². The van der Waals surface area contributed by atoms with Crippen LogP contribution in [-0.2, 0) is 9.59 Å². The Hall–Kier alpha value is -1.14. The largest absolute Gasteiger partial charge is 0.355 e. The lowest BCUT2D eigenvalue weighted by molar-refractivity contribution is -0.130. The van der Waals surface area contributed by atoms with Gasteiger partial charge in [-0.05, 0) is 81.1 Å². The molecule has 0 aromatic heterocycles. The summed E-state index contributed by atoms with van der Waals surface area (Å²) in [5.74, 6) is 0.424. The van der Waals surface area contributed by atoms with Gasteiger partial charge in [-0.25, -0.2) is 0 Å². The SMILES string of the molecule is CC(C)N(CCNC(=O)C1CCC(C(=O)NCCN(C(C)C)C(C)C)CC1)C(C)C. The minimum absolute atomic E-state index is 0.0537. The van der Waals surface area contributed by atoms with E-state index < -0.39 is 0 Å². The first-order chi connectivity index (χ1) is 14.0. The highest BCUT2D eigenvalue weighted by atomic mass is 16.2. The van der Waals surface area contributed by atoms with Crippen molar-refractivity contribution in [2.45, 2.75) is 105 Å². The first kappa shape index (κ1) is 26.9. The minimum Gasteiger partial charge on any atom is -0.355 e. The molecular weight excluding hydrogens is 376 g/mol. The maximum atomic E-state index is 12.5. The van der Waals surface area contributed by atoms with Crippen molar-refractivity contribution >= 4 is 11.8 Å². The molecule has 0 heterocycles. The Labute approximate surface area is 185 Å². The monoisotopic (exact) mass is 424 g/mol. The minimum atomic E-state index is 0.0537. The molecule has 2 amide bonds. The summed E-state index contributed by atoms with van der Waals surface area (Å²) in [5, 5.41) is 6.24. The molecule has 0 unspecified atom stereocenters. The molecule has 0 saturated heterocycles. The lowest BCUT2D eigenvalue weighted by Gasteiger charge is -2.32. The summed E-state index contributed by atoms with van der Waals surface area (Å²) in [6, 6.07) is 1.90. The molecule has 1 fully saturated rings. The molecule has 0 radical (unpaired) electrons. The summed E-state index contributed by atoms with van der Waals surface area (Å²) in [6.45, 7) is 20.7. The first-order valence-electron chi connectivity index (χ1n) is 12.1. The van der Waals surface area contributed by atoms with Gasteiger partial charge in [0.05, 0.1) is 0 Å². The standard InChI is InChI=1S/C24H48N4O2/c1-17(2)27(18(3)4)15-13-25-23(29)21-9-11-22(12-10-21)24(30)26-14-16-28(19(5)6)20(7)8/h17-22H,9-16H2,1-8H3,(H,25,29)(H,26,30). The summed E-state index contributed by atoms with van der Waals surface area (Å²) < 4.78 is 0. The van der Waals surface area contributed by atoms with Gasteiger partial charge >= 0.3 is 0 Å². The number of carbonyl (C=O) groups excluding carboxylic acids is 2. The molecule has 6 nitrogen and oxygen atoms in total. The maximum absolute atomic E-state index is 12.5. The highest BCUT2D eigenvalue weighted by Crippen LogP contribution is 2.29. The van der Waals surface area contributed by atoms with Crippen molar-refractivity contribution in [3.8, 4) is 0 Å². The molecule has 0 aromatic carbocycles. The van der Waals surface area contributed by atoms with E-state index >= 15 is 0 Å². The summed E-state index contributed by atoms with van der Waals surface area (Å²) >= 11 is 0. The zero-order chi connectivity index (χ0) is 22.8. The normalized spacial score (nSPS) is 20.1. The molecule has 2 N–H and O–H groups in total. The van der Waals surface area contributed by atoms with Crippen molar-refractivity contribution in [3.63, 3.8) is 0 Å². The smallest absolute Gasteiger partial charge is 0.223 e. The number of hydrogen-bond donors (Lipinski definition) is 2. The fourth-order valence-electron chi connectivity index (χ4n) is 4.75. The van der Waals surface area contributed by atoms with Crippen LogP contribution in [0.5, 0.6) is 0 Å². The Balaban J connectivity index is 2.31. The van der Waals surface area contributed by atoms with Crippen molar-refractivity contribution in [3.05, 3.63) is 0 Å². The van der Waals surface area contributed by atoms with Gasteiger partial charge < -0.3 is 10.6 Å². The van der Waals surface area contributed by atoms with E-state index in [1.165, 1.54) is 0 Å². The van der Waals surface area contributed by atoms with Gasteiger partial charge in [-0.3, -0.25) is 19.4 Å². The molecule has 0 bridgehead atoms. The molecule has 0 aliphatic heterocycles. The molecule has 176 valence electrons. The molecule has 0 spiro atoms. The molecule has 0 aromatic rings. The highest BCUT2D eigenvalue weighted by Gasteiger charge is 2.30. The topological polar surface area (TPSA) is 64.7 Å². The van der Waals surface area contributed by atoms with Crippen molar-refractivity contribution in [2.24, 2.45) is 11.8 Å². The zero-order valence-electron chi connectivity index (χ0n) is 20.8. The third kappa shape index (κ3) is 8.93. The Morgan fingerprint density at radius 3 is 1.13 bits per heavy atom. The molecule has 1 aliphatic carbocycles. The molecule has 30 heavy (non-hydrogen) atoms. The van der Waals surface area contributed by atoms with Crippen molar-refractivity contribution in [1.82, 2.24) is 20.4 Å². The van der Waals surface area contributed by atoms with Gasteiger partial charge in [-0.1, -0.05) is 0 Å². The number of nitrogens with zero attached hydrogens (tertiary/aromatic N) is 2. The second-order valence-corrected chi connectivity index (χ2v) is 9.98. The summed E-state index contributed by atoms with van der Waals surface area (Å²) in [7, 11) is 0. The first-order valence-corrected chi connectivity index (χ1v) is 12.1. The predicted octanol–water partition coefficient (Wildman–Crippen LogP) is 3.26. The van der Waals surface area contributed by atoms with Crippen LogP contribution in [0.3, 0.4) is 0 Å². The lowest BCUT2D eigenvalue weighted by Crippen LogP contribution is -2.45. The van der Waals surface area contributed by atoms with Gasteiger partial charge in [-0.15, -0.1) is 0 Å². The van der Waals surface area contributed by atoms with Crippen LogP contribution in [0.25, 0.3) is 0 Å². The second-order valence-electron chi connectivity index (χ2n) is 9.98. The quantitative estimate of drug-likeness (QED) is 0.505. The van der Waals surface area contributed by atoms with Gasteiger partial charge in [0.25, 0.3) is 0 Å². The van der Waals surface area contributed by atoms with Crippen molar-refractivity contribution in [1.29, 1.82) is 0 Å². The number of carbonyl (C=O) groups is 2. The predicted molar refractivity (Wildman–Crippen MR) is 125 cm³/mol. The van der Waals surface area contributed by atoms with Crippen LogP contribution in [0.2, 0.25) is 0 Å². The van der Waals surface area contributed by atoms with Crippen LogP contribution in [0, 0.1) is 11.8 Å². The van der Waals surface area contributed by atoms with Crippen LogP contribution >= 0.6 is 0 Å². The molecule has 6 heteroatoms. The second kappa shape index (κ2) is 13.3. The average Bonchev–Trinajstić information content (AvgIpc) is 2.67. The lowest BCUT2D eigenvalue weighted by atomic mass is 9.81. The highest BCUT2D eigenvalue weighted by molar-refractivity contribution is 5.81. The summed E-state index contributed by atoms with van der Waals surface area (Å²) in [4.78, 5) is 29.8. The van der Waals surface area contributed by atoms with Crippen LogP contribution in [0.15, 0.2) is 0 Å². The summed E-state index contributed by atoms with van der Waals surface area (Å²) in [5.41, 5.74) is 0. The average molecular weight is 425 g/mol. The van der Waals surface area contributed by atoms with E-state index in [2.05, 4.69) is 75.8 Å². The number of rotatable bonds is 12. The zero-order valence-corrected chi connectivity index (χ0v) is 20.8. The molecule has 1 saturated carbocycles. The van der Waals surface area contributed by atoms with Gasteiger partial charge in [0.15, 0.2) is 0 Å². The molecular formula is C24H48N4O2. The van der Waals surface area contributed by atoms with E-state index in [1.54, 1.807) is 0 Å². The Kier molecular flexibility index (Phi) is 11.9. The Bertz CT molecular complexity index is 449. The Morgan fingerprint density at radius 2 is 0.900 bits per heavy atom. The van der Waals surface area contributed by atoms with E-state index in [9.17, 15) is 9.59 Å². The Morgan fingerprint density at radius 1 is 0.633 bits per heavy atom. The van der Waals surface area contributed by atoms with E-state index in [4.69, 9.17) is 0 Å². The van der Waals surface area contributed by atoms with Crippen LogP contribution < -0.4 is 10.6 Å². The maximum Gasteiger partial charge on any atom is 0.223 e.